The Bertz CT molecular complexity index is 792. The zero-order valence-electron chi connectivity index (χ0n) is 13.1. The number of primary amides is 1. The smallest absolute Gasteiger partial charge is 0.322 e. The molecule has 1 heterocycles. The number of rotatable bonds is 3. The second kappa shape index (κ2) is 6.93. The largest absolute Gasteiger partial charge is 0.369 e. The quantitative estimate of drug-likeness (QED) is 0.899. The van der Waals surface area contributed by atoms with Gasteiger partial charge in [0.1, 0.15) is 0 Å². The Morgan fingerprint density at radius 2 is 1.96 bits per heavy atom. The van der Waals surface area contributed by atoms with E-state index in [0.717, 1.165) is 12.0 Å². The molecule has 1 aliphatic rings. The van der Waals surface area contributed by atoms with Crippen LogP contribution in [-0.2, 0) is 24.2 Å². The molecule has 124 valence electrons. The van der Waals surface area contributed by atoms with Crippen LogP contribution in [0.2, 0.25) is 5.02 Å². The van der Waals surface area contributed by atoms with Crippen LogP contribution in [0.3, 0.4) is 0 Å². The molecule has 0 fully saturated rings. The third-order valence-electron chi connectivity index (χ3n) is 4.09. The van der Waals surface area contributed by atoms with Crippen molar-refractivity contribution < 1.29 is 9.59 Å². The molecular formula is C18H18ClN3O2. The Hall–Kier alpha value is -2.53. The van der Waals surface area contributed by atoms with Crippen molar-refractivity contribution >= 4 is 29.2 Å². The van der Waals surface area contributed by atoms with Crippen LogP contribution in [0.15, 0.2) is 42.5 Å². The number of nitrogens with two attached hydrogens (primary N) is 1. The van der Waals surface area contributed by atoms with Gasteiger partial charge in [0.15, 0.2) is 0 Å². The van der Waals surface area contributed by atoms with E-state index in [9.17, 15) is 9.59 Å². The fourth-order valence-corrected chi connectivity index (χ4v) is 3.07. The fraction of sp³-hybridized carbons (Fsp3) is 0.222. The fourth-order valence-electron chi connectivity index (χ4n) is 2.88. The zero-order valence-corrected chi connectivity index (χ0v) is 13.8. The lowest BCUT2D eigenvalue weighted by Gasteiger charge is -2.29. The van der Waals surface area contributed by atoms with Crippen molar-refractivity contribution in [3.05, 3.63) is 64.2 Å². The molecule has 0 spiro atoms. The van der Waals surface area contributed by atoms with Crippen molar-refractivity contribution in [1.82, 2.24) is 4.90 Å². The lowest BCUT2D eigenvalue weighted by Crippen LogP contribution is -2.39. The van der Waals surface area contributed by atoms with Crippen LogP contribution in [0.4, 0.5) is 10.5 Å². The second-order valence-electron chi connectivity index (χ2n) is 5.81. The van der Waals surface area contributed by atoms with E-state index in [1.54, 1.807) is 17.0 Å². The van der Waals surface area contributed by atoms with Crippen LogP contribution >= 0.6 is 11.6 Å². The number of nitrogens with one attached hydrogen (secondary N) is 1. The maximum Gasteiger partial charge on any atom is 0.322 e. The number of nitrogens with zero attached hydrogens (tertiary/aromatic N) is 1. The number of halogens is 1. The SMILES string of the molecule is NC(=O)Cc1ccccc1NC(=O)N1CCc2ccc(Cl)cc2C1. The highest BCUT2D eigenvalue weighted by atomic mass is 35.5. The molecule has 3 N–H and O–H groups in total. The van der Waals surface area contributed by atoms with Crippen LogP contribution in [0.1, 0.15) is 16.7 Å². The van der Waals surface area contributed by atoms with Gasteiger partial charge in [-0.05, 0) is 41.3 Å². The van der Waals surface area contributed by atoms with E-state index in [-0.39, 0.29) is 12.5 Å². The Labute approximate surface area is 145 Å². The van der Waals surface area contributed by atoms with Crippen LogP contribution in [0.25, 0.3) is 0 Å². The molecule has 5 nitrogen and oxygen atoms in total. The number of para-hydroxylation sites is 1. The summed E-state index contributed by atoms with van der Waals surface area (Å²) in [5, 5.41) is 3.55. The minimum absolute atomic E-state index is 0.0922. The molecule has 6 heteroatoms. The predicted molar refractivity (Wildman–Crippen MR) is 93.9 cm³/mol. The van der Waals surface area contributed by atoms with Gasteiger partial charge in [-0.15, -0.1) is 0 Å². The van der Waals surface area contributed by atoms with Gasteiger partial charge >= 0.3 is 6.03 Å². The molecule has 3 rings (SSSR count). The van der Waals surface area contributed by atoms with Crippen LogP contribution in [-0.4, -0.2) is 23.4 Å². The summed E-state index contributed by atoms with van der Waals surface area (Å²) in [5.74, 6) is -0.432. The first-order valence-electron chi connectivity index (χ1n) is 7.72. The summed E-state index contributed by atoms with van der Waals surface area (Å²) < 4.78 is 0. The predicted octanol–water partition coefficient (Wildman–Crippen LogP) is 2.96. The zero-order chi connectivity index (χ0) is 17.1. The number of benzene rings is 2. The molecule has 1 aliphatic heterocycles. The molecular weight excluding hydrogens is 326 g/mol. The highest BCUT2D eigenvalue weighted by Crippen LogP contribution is 2.24. The molecule has 2 aromatic carbocycles. The lowest BCUT2D eigenvalue weighted by atomic mass is 10.0. The molecule has 0 aromatic heterocycles. The standard InChI is InChI=1S/C18H18ClN3O2/c19-15-6-5-12-7-8-22(11-14(12)9-15)18(24)21-16-4-2-1-3-13(16)10-17(20)23/h1-6,9H,7-8,10-11H2,(H2,20,23)(H,21,24). The summed E-state index contributed by atoms with van der Waals surface area (Å²) in [6.07, 6.45) is 0.887. The first kappa shape index (κ1) is 16.3. The van der Waals surface area contributed by atoms with Gasteiger partial charge in [0.25, 0.3) is 0 Å². The minimum atomic E-state index is -0.432. The van der Waals surface area contributed by atoms with Gasteiger partial charge in [-0.2, -0.15) is 0 Å². The Morgan fingerprint density at radius 1 is 1.17 bits per heavy atom. The first-order chi connectivity index (χ1) is 11.5. The van der Waals surface area contributed by atoms with E-state index >= 15 is 0 Å². The van der Waals surface area contributed by atoms with Gasteiger partial charge in [0, 0.05) is 23.8 Å². The first-order valence-corrected chi connectivity index (χ1v) is 8.10. The minimum Gasteiger partial charge on any atom is -0.369 e. The second-order valence-corrected chi connectivity index (χ2v) is 6.25. The molecule has 3 amide bonds. The van der Waals surface area contributed by atoms with Gasteiger partial charge in [0.05, 0.1) is 6.42 Å². The molecule has 24 heavy (non-hydrogen) atoms. The number of urea groups is 1. The molecule has 2 aromatic rings. The summed E-state index contributed by atoms with van der Waals surface area (Å²) in [7, 11) is 0. The van der Waals surface area contributed by atoms with Gasteiger partial charge in [-0.3, -0.25) is 4.79 Å². The summed E-state index contributed by atoms with van der Waals surface area (Å²) in [6, 6.07) is 12.8. The van der Waals surface area contributed by atoms with Crippen LogP contribution in [0.5, 0.6) is 0 Å². The Morgan fingerprint density at radius 3 is 2.75 bits per heavy atom. The molecule has 0 bridgehead atoms. The number of amides is 3. The summed E-state index contributed by atoms with van der Waals surface area (Å²) in [6.45, 7) is 1.15. The third-order valence-corrected chi connectivity index (χ3v) is 4.33. The molecule has 0 atom stereocenters. The highest BCUT2D eigenvalue weighted by Gasteiger charge is 2.21. The van der Waals surface area contributed by atoms with Gasteiger partial charge in [0.2, 0.25) is 5.91 Å². The Kier molecular flexibility index (Phi) is 4.71. The molecule has 0 aliphatic carbocycles. The normalized spacial score (nSPS) is 13.3. The summed E-state index contributed by atoms with van der Waals surface area (Å²) in [4.78, 5) is 25.5. The van der Waals surface area contributed by atoms with Gasteiger partial charge in [-0.1, -0.05) is 35.9 Å². The third kappa shape index (κ3) is 3.68. The number of carbonyl (C=O) groups is 2. The van der Waals surface area contributed by atoms with Crippen LogP contribution in [0, 0.1) is 0 Å². The topological polar surface area (TPSA) is 75.4 Å². The number of fused-ring (bicyclic) bond motifs is 1. The van der Waals surface area contributed by atoms with E-state index < -0.39 is 5.91 Å². The average Bonchev–Trinajstić information content (AvgIpc) is 2.55. The number of hydrogen-bond acceptors (Lipinski definition) is 2. The molecule has 0 radical (unpaired) electrons. The van der Waals surface area contributed by atoms with Crippen molar-refractivity contribution in [1.29, 1.82) is 0 Å². The number of carbonyl (C=O) groups excluding carboxylic acids is 2. The number of anilines is 1. The Balaban J connectivity index is 1.73. The van der Waals surface area contributed by atoms with E-state index in [2.05, 4.69) is 5.32 Å². The monoisotopic (exact) mass is 343 g/mol. The summed E-state index contributed by atoms with van der Waals surface area (Å²) >= 11 is 6.04. The van der Waals surface area contributed by atoms with Crippen molar-refractivity contribution in [2.24, 2.45) is 5.73 Å². The highest BCUT2D eigenvalue weighted by molar-refractivity contribution is 6.30. The maximum absolute atomic E-state index is 12.6. The van der Waals surface area contributed by atoms with Crippen LogP contribution < -0.4 is 11.1 Å². The molecule has 0 saturated heterocycles. The number of hydrogen-bond donors (Lipinski definition) is 2. The van der Waals surface area contributed by atoms with Gasteiger partial charge in [-0.25, -0.2) is 4.79 Å². The van der Waals surface area contributed by atoms with Crippen molar-refractivity contribution in [3.63, 3.8) is 0 Å². The van der Waals surface area contributed by atoms with E-state index in [1.165, 1.54) is 5.56 Å². The lowest BCUT2D eigenvalue weighted by molar-refractivity contribution is -0.117. The van der Waals surface area contributed by atoms with E-state index in [1.807, 2.05) is 30.3 Å². The van der Waals surface area contributed by atoms with E-state index in [4.69, 9.17) is 17.3 Å². The maximum atomic E-state index is 12.6. The van der Waals surface area contributed by atoms with E-state index in [0.29, 0.717) is 29.4 Å². The summed E-state index contributed by atoms with van der Waals surface area (Å²) in [5.41, 5.74) is 8.86. The molecule has 0 saturated carbocycles. The average molecular weight is 344 g/mol. The van der Waals surface area contributed by atoms with Crippen molar-refractivity contribution in [2.75, 3.05) is 11.9 Å². The van der Waals surface area contributed by atoms with Crippen molar-refractivity contribution in [2.45, 2.75) is 19.4 Å². The molecule has 0 unspecified atom stereocenters. The van der Waals surface area contributed by atoms with Crippen molar-refractivity contribution in [3.8, 4) is 0 Å². The van der Waals surface area contributed by atoms with Gasteiger partial charge < -0.3 is 16.0 Å².